The van der Waals surface area contributed by atoms with Gasteiger partial charge in [-0.2, -0.15) is 36.2 Å². The summed E-state index contributed by atoms with van der Waals surface area (Å²) in [5, 5.41) is 21.4. The zero-order valence-electron chi connectivity index (χ0n) is 52.4. The summed E-state index contributed by atoms with van der Waals surface area (Å²) in [6, 6.07) is 12.8. The smallest absolute Gasteiger partial charge is 0.356 e. The van der Waals surface area contributed by atoms with Crippen molar-refractivity contribution in [1.29, 1.82) is 0 Å². The van der Waals surface area contributed by atoms with Crippen molar-refractivity contribution in [2.45, 2.75) is 177 Å². The van der Waals surface area contributed by atoms with Crippen molar-refractivity contribution in [3.63, 3.8) is 0 Å². The van der Waals surface area contributed by atoms with E-state index in [9.17, 15) is 31.1 Å². The minimum Gasteiger partial charge on any atom is -0.356 e. The Bertz CT molecular complexity index is 3600. The largest absolute Gasteiger partial charge is 0.416 e. The third-order valence-electron chi connectivity index (χ3n) is 17.2. The van der Waals surface area contributed by atoms with Gasteiger partial charge in [0.2, 0.25) is 11.9 Å². The fourth-order valence-electron chi connectivity index (χ4n) is 11.9. The van der Waals surface area contributed by atoms with Crippen LogP contribution >= 0.6 is 0 Å². The van der Waals surface area contributed by atoms with Crippen LogP contribution in [0.25, 0.3) is 11.0 Å². The molecule has 1 atom stereocenters. The molecular weight excluding hydrogens is 1130 g/mol. The first-order valence-corrected chi connectivity index (χ1v) is 31.3. The molecule has 5 heterocycles. The number of benzene rings is 2. The molecule has 0 radical (unpaired) electrons. The number of carbonyl (C=O) groups excluding carboxylic acids is 1. The molecule has 5 aliphatic carbocycles. The van der Waals surface area contributed by atoms with Gasteiger partial charge in [0.25, 0.3) is 5.95 Å². The fourth-order valence-corrected chi connectivity index (χ4v) is 11.9. The van der Waals surface area contributed by atoms with Gasteiger partial charge in [0, 0.05) is 80.5 Å². The number of carbonyl (C=O) groups is 1. The quantitative estimate of drug-likeness (QED) is 0.0641. The SMILES string of the molecule is Cc1cc(CN(Cc2cc3c(C)nn(C(C)(C)C)c3nc2N(CC2CC2)CC2CC2)c2ncc(NC(=O)C(C)C)cn2)cc(C(F)(F)F)c1.Cc1cc(CN(Cc2cc3c(nc2N(CC2CC2)CC2CC2)C(C)CC3)c2nnn(C)n2)cc(C(F)(F)F)c1. The summed E-state index contributed by atoms with van der Waals surface area (Å²) in [6.07, 6.45) is 6.16. The first-order valence-electron chi connectivity index (χ1n) is 31.3. The molecule has 0 bridgehead atoms. The number of tetrazole rings is 1. The number of nitrogens with one attached hydrogen (secondary N) is 1. The lowest BCUT2D eigenvalue weighted by molar-refractivity contribution is -0.138. The average Bonchev–Trinajstić information content (AvgIpc) is 1.80. The average molecular weight is 1220 g/mol. The molecule has 2 aromatic carbocycles. The molecule has 1 unspecified atom stereocenters. The molecule has 5 aromatic heterocycles. The Morgan fingerprint density at radius 3 is 1.57 bits per heavy atom. The lowest BCUT2D eigenvalue weighted by atomic mass is 10.0. The van der Waals surface area contributed by atoms with Gasteiger partial charge in [0.15, 0.2) is 5.65 Å². The van der Waals surface area contributed by atoms with Crippen molar-refractivity contribution in [3.05, 3.63) is 122 Å². The molecule has 4 saturated carbocycles. The summed E-state index contributed by atoms with van der Waals surface area (Å²) in [6.45, 7) is 22.5. The Morgan fingerprint density at radius 1 is 0.625 bits per heavy atom. The minimum absolute atomic E-state index is 0.130. The van der Waals surface area contributed by atoms with Gasteiger partial charge < -0.3 is 24.9 Å². The van der Waals surface area contributed by atoms with Crippen LogP contribution in [0.2, 0.25) is 0 Å². The van der Waals surface area contributed by atoms with Gasteiger partial charge in [0.1, 0.15) is 11.6 Å². The predicted octanol–water partition coefficient (Wildman–Crippen LogP) is 13.9. The van der Waals surface area contributed by atoms with Gasteiger partial charge in [-0.05, 0) is 194 Å². The number of anilines is 5. The number of halogens is 6. The number of hydrogen-bond donors (Lipinski definition) is 1. The molecule has 16 nitrogen and oxygen atoms in total. The number of pyridine rings is 2. The number of fused-ring (bicyclic) bond motifs is 2. The van der Waals surface area contributed by atoms with Gasteiger partial charge in [-0.25, -0.2) is 24.6 Å². The third-order valence-corrected chi connectivity index (χ3v) is 17.2. The summed E-state index contributed by atoms with van der Waals surface area (Å²) in [4.78, 5) is 42.4. The van der Waals surface area contributed by atoms with Gasteiger partial charge in [-0.3, -0.25) is 4.79 Å². The Labute approximate surface area is 511 Å². The first-order chi connectivity index (χ1) is 41.7. The molecule has 470 valence electrons. The van der Waals surface area contributed by atoms with Gasteiger partial charge in [-0.1, -0.05) is 49.1 Å². The molecule has 22 heteroatoms. The Kier molecular flexibility index (Phi) is 17.6. The number of nitrogens with zero attached hydrogens (tertiary/aromatic N) is 14. The van der Waals surface area contributed by atoms with Crippen LogP contribution in [0.3, 0.4) is 0 Å². The van der Waals surface area contributed by atoms with Crippen molar-refractivity contribution in [3.8, 4) is 0 Å². The third kappa shape index (κ3) is 15.5. The van der Waals surface area contributed by atoms with Crippen molar-refractivity contribution in [1.82, 2.24) is 49.9 Å². The Morgan fingerprint density at radius 2 is 1.11 bits per heavy atom. The summed E-state index contributed by atoms with van der Waals surface area (Å²) in [7, 11) is 1.69. The van der Waals surface area contributed by atoms with Crippen LogP contribution in [-0.4, -0.2) is 82.0 Å². The second-order valence-electron chi connectivity index (χ2n) is 27.2. The van der Waals surface area contributed by atoms with Crippen LogP contribution < -0.4 is 24.9 Å². The van der Waals surface area contributed by atoms with E-state index in [4.69, 9.17) is 15.1 Å². The van der Waals surface area contributed by atoms with E-state index in [1.165, 1.54) is 85.6 Å². The molecule has 12 rings (SSSR count). The number of aryl methyl sites for hydroxylation is 5. The summed E-state index contributed by atoms with van der Waals surface area (Å²) < 4.78 is 84.5. The van der Waals surface area contributed by atoms with E-state index >= 15 is 0 Å². The first kappa shape index (κ1) is 62.2. The fraction of sp³-hybridized carbons (Fsp3) is 0.561. The van der Waals surface area contributed by atoms with E-state index in [1.54, 1.807) is 59.3 Å². The van der Waals surface area contributed by atoms with Crippen LogP contribution in [0.1, 0.15) is 167 Å². The molecule has 0 spiro atoms. The molecule has 1 amide bonds. The monoisotopic (exact) mass is 1220 g/mol. The van der Waals surface area contributed by atoms with E-state index in [-0.39, 0.29) is 30.5 Å². The van der Waals surface area contributed by atoms with Crippen LogP contribution in [0.5, 0.6) is 0 Å². The highest BCUT2D eigenvalue weighted by Gasteiger charge is 2.37. The maximum atomic E-state index is 13.9. The minimum atomic E-state index is -4.47. The Balaban J connectivity index is 0.000000186. The van der Waals surface area contributed by atoms with E-state index in [0.717, 1.165) is 96.4 Å². The zero-order valence-corrected chi connectivity index (χ0v) is 52.4. The second kappa shape index (κ2) is 24.9. The lowest BCUT2D eigenvalue weighted by Crippen LogP contribution is -2.32. The highest BCUT2D eigenvalue weighted by atomic mass is 19.4. The van der Waals surface area contributed by atoms with Gasteiger partial charge in [0.05, 0.1) is 47.5 Å². The van der Waals surface area contributed by atoms with Crippen molar-refractivity contribution >= 4 is 46.2 Å². The second-order valence-corrected chi connectivity index (χ2v) is 27.2. The van der Waals surface area contributed by atoms with Crippen molar-refractivity contribution in [2.24, 2.45) is 36.6 Å². The zero-order chi connectivity index (χ0) is 62.6. The van der Waals surface area contributed by atoms with Crippen molar-refractivity contribution in [2.75, 3.05) is 51.1 Å². The topological polar surface area (TPSA) is 155 Å². The number of amides is 1. The molecular formula is C66H83F6N15O. The number of hydrogen-bond acceptors (Lipinski definition) is 13. The van der Waals surface area contributed by atoms with E-state index in [0.29, 0.717) is 70.7 Å². The maximum Gasteiger partial charge on any atom is 0.416 e. The molecule has 5 aliphatic rings. The Hall–Kier alpha value is -7.39. The van der Waals surface area contributed by atoms with E-state index in [2.05, 4.69) is 80.3 Å². The van der Waals surface area contributed by atoms with Crippen LogP contribution in [0, 0.1) is 50.4 Å². The number of rotatable bonds is 22. The molecule has 0 aliphatic heterocycles. The summed E-state index contributed by atoms with van der Waals surface area (Å²) in [5.41, 5.74) is 7.16. The van der Waals surface area contributed by atoms with E-state index < -0.39 is 23.5 Å². The summed E-state index contributed by atoms with van der Waals surface area (Å²) >= 11 is 0. The highest BCUT2D eigenvalue weighted by molar-refractivity contribution is 5.91. The highest BCUT2D eigenvalue weighted by Crippen LogP contribution is 2.42. The molecule has 7 aromatic rings. The van der Waals surface area contributed by atoms with Crippen LogP contribution in [0.15, 0.2) is 60.9 Å². The van der Waals surface area contributed by atoms with Gasteiger partial charge >= 0.3 is 12.4 Å². The maximum absolute atomic E-state index is 13.9. The molecule has 4 fully saturated rings. The van der Waals surface area contributed by atoms with Gasteiger partial charge in [-0.15, -0.1) is 5.10 Å². The van der Waals surface area contributed by atoms with Crippen molar-refractivity contribution < 1.29 is 31.1 Å². The van der Waals surface area contributed by atoms with Crippen LogP contribution in [-0.2, 0) is 62.3 Å². The molecule has 88 heavy (non-hydrogen) atoms. The standard InChI is InChI=1S/C37H47F3N8O.C29H36F3N7/c1-22(2)34(49)43-30-16-41-35(42-17-30)47(20-27-12-23(3)13-29(14-27)37(38,39)40)21-28-15-31-24(4)45-48(36(5,6)7)33(31)44-32(28)46(18-25-8-9-25)19-26-10-11-26;1-18-10-22(12-25(11-18)29(30,31)32)16-39(28-34-36-37(3)35-28)17-24-13-23-9-4-19(2)26(23)33-27(24)38(14-20-5-6-20)15-21-7-8-21/h12-17,22,25-26H,8-11,18-21H2,1-7H3,(H,43,49);10-13,19-21H,4-9,14-17H2,1-3H3. The van der Waals surface area contributed by atoms with Crippen LogP contribution in [0.4, 0.5) is 55.6 Å². The number of alkyl halides is 6. The normalized spacial score (nSPS) is 16.9. The van der Waals surface area contributed by atoms with E-state index in [1.807, 2.05) is 21.4 Å². The summed E-state index contributed by atoms with van der Waals surface area (Å²) in [5.74, 6) is 5.37. The molecule has 0 saturated heterocycles. The lowest BCUT2D eigenvalue weighted by Gasteiger charge is -2.30. The molecule has 1 N–H and O–H groups in total. The number of aromatic nitrogens is 10. The predicted molar refractivity (Wildman–Crippen MR) is 330 cm³/mol.